The molecule has 0 aromatic heterocycles. The maximum atomic E-state index is 12.2. The number of nitrogens with two attached hydrogens (primary N) is 1. The Hall–Kier alpha value is -0.770. The van der Waals surface area contributed by atoms with Crippen LogP contribution in [0, 0.1) is 0 Å². The number of carbonyl (C=O) groups excluding carboxylic acids is 1. The molecule has 2 atom stereocenters. The molecule has 19 heavy (non-hydrogen) atoms. The molecule has 1 heterocycles. The number of hydrogen-bond acceptors (Lipinski definition) is 2. The summed E-state index contributed by atoms with van der Waals surface area (Å²) in [5.74, 6) is 0.185. The van der Waals surface area contributed by atoms with E-state index in [-0.39, 0.29) is 18.0 Å². The van der Waals surface area contributed by atoms with Crippen molar-refractivity contribution in [3.8, 4) is 0 Å². The van der Waals surface area contributed by atoms with E-state index in [4.69, 9.17) is 28.9 Å². The van der Waals surface area contributed by atoms with Gasteiger partial charge in [-0.15, -0.1) is 0 Å². The topological polar surface area (TPSA) is 46.3 Å². The summed E-state index contributed by atoms with van der Waals surface area (Å²) in [7, 11) is 0. The lowest BCUT2D eigenvalue weighted by Gasteiger charge is -2.40. The van der Waals surface area contributed by atoms with Crippen molar-refractivity contribution < 1.29 is 4.79 Å². The highest BCUT2D eigenvalue weighted by molar-refractivity contribution is 6.42. The van der Waals surface area contributed by atoms with E-state index < -0.39 is 0 Å². The zero-order chi connectivity index (χ0) is 13.6. The molecule has 1 amide bonds. The molecule has 3 nitrogen and oxygen atoms in total. The fourth-order valence-corrected chi connectivity index (χ4v) is 3.27. The molecule has 3 rings (SSSR count). The number of carbonyl (C=O) groups is 1. The number of nitrogens with zero attached hydrogens (tertiary/aromatic N) is 1. The van der Waals surface area contributed by atoms with Gasteiger partial charge >= 0.3 is 0 Å². The zero-order valence-electron chi connectivity index (χ0n) is 10.5. The average molecular weight is 299 g/mol. The predicted octanol–water partition coefficient (Wildman–Crippen LogP) is 3.15. The second kappa shape index (κ2) is 4.97. The van der Waals surface area contributed by atoms with Crippen molar-refractivity contribution >= 4 is 29.1 Å². The number of hydrogen-bond donors (Lipinski definition) is 1. The highest BCUT2D eigenvalue weighted by atomic mass is 35.5. The lowest BCUT2D eigenvalue weighted by Crippen LogP contribution is -2.49. The summed E-state index contributed by atoms with van der Waals surface area (Å²) in [6.07, 6.45) is 3.36. The van der Waals surface area contributed by atoms with Gasteiger partial charge in [0.1, 0.15) is 0 Å². The third-order valence-corrected chi connectivity index (χ3v) is 4.76. The van der Waals surface area contributed by atoms with Crippen molar-refractivity contribution in [3.05, 3.63) is 33.8 Å². The lowest BCUT2D eigenvalue weighted by molar-refractivity contribution is -0.138. The summed E-state index contributed by atoms with van der Waals surface area (Å²) in [4.78, 5) is 14.1. The molecule has 1 saturated carbocycles. The Bertz CT molecular complexity index is 516. The molecule has 1 aliphatic carbocycles. The maximum Gasteiger partial charge on any atom is 0.223 e. The minimum absolute atomic E-state index is 0.0748. The first-order valence-electron chi connectivity index (χ1n) is 6.60. The first kappa shape index (κ1) is 13.2. The van der Waals surface area contributed by atoms with Crippen LogP contribution < -0.4 is 5.73 Å². The Morgan fingerprint density at radius 3 is 2.63 bits per heavy atom. The van der Waals surface area contributed by atoms with E-state index in [1.54, 1.807) is 6.07 Å². The minimum atomic E-state index is -0.139. The van der Waals surface area contributed by atoms with Crippen molar-refractivity contribution in [1.29, 1.82) is 0 Å². The van der Waals surface area contributed by atoms with Gasteiger partial charge < -0.3 is 10.6 Å². The summed E-state index contributed by atoms with van der Waals surface area (Å²) in [5.41, 5.74) is 7.13. The summed E-state index contributed by atoms with van der Waals surface area (Å²) in [6, 6.07) is 5.66. The Labute approximate surface area is 122 Å². The van der Waals surface area contributed by atoms with Gasteiger partial charge in [0.05, 0.1) is 16.1 Å². The van der Waals surface area contributed by atoms with E-state index in [9.17, 15) is 4.79 Å². The van der Waals surface area contributed by atoms with Gasteiger partial charge in [0.2, 0.25) is 5.91 Å². The summed E-state index contributed by atoms with van der Waals surface area (Å²) < 4.78 is 0. The molecule has 2 unspecified atom stereocenters. The van der Waals surface area contributed by atoms with Crippen LogP contribution in [0.5, 0.6) is 0 Å². The normalized spacial score (nSPS) is 27.7. The molecular weight excluding hydrogens is 283 g/mol. The average Bonchev–Trinajstić information content (AvgIpc) is 3.20. The van der Waals surface area contributed by atoms with Crippen molar-refractivity contribution in [2.24, 2.45) is 5.73 Å². The van der Waals surface area contributed by atoms with Gasteiger partial charge in [0, 0.05) is 18.5 Å². The molecule has 2 aliphatic rings. The molecule has 2 fully saturated rings. The Balaban J connectivity index is 2.03. The van der Waals surface area contributed by atoms with Crippen molar-refractivity contribution in [3.63, 3.8) is 0 Å². The molecule has 1 saturated heterocycles. The Morgan fingerprint density at radius 2 is 1.95 bits per heavy atom. The number of rotatable bonds is 2. The van der Waals surface area contributed by atoms with E-state index in [0.717, 1.165) is 18.4 Å². The molecule has 2 N–H and O–H groups in total. The second-order valence-electron chi connectivity index (χ2n) is 5.32. The van der Waals surface area contributed by atoms with E-state index in [2.05, 4.69) is 0 Å². The number of benzene rings is 1. The smallest absolute Gasteiger partial charge is 0.223 e. The van der Waals surface area contributed by atoms with Crippen LogP contribution in [0.1, 0.15) is 37.3 Å². The van der Waals surface area contributed by atoms with Crippen LogP contribution in [0.25, 0.3) is 0 Å². The molecule has 1 aliphatic heterocycles. The van der Waals surface area contributed by atoms with Crippen LogP contribution in [0.2, 0.25) is 10.0 Å². The third-order valence-electron chi connectivity index (χ3n) is 3.93. The van der Waals surface area contributed by atoms with Gasteiger partial charge in [-0.25, -0.2) is 0 Å². The lowest BCUT2D eigenvalue weighted by atomic mass is 9.90. The molecule has 1 aromatic carbocycles. The fourth-order valence-electron chi connectivity index (χ4n) is 2.85. The molecule has 0 spiro atoms. The van der Waals surface area contributed by atoms with Crippen molar-refractivity contribution in [1.82, 2.24) is 4.90 Å². The highest BCUT2D eigenvalue weighted by Gasteiger charge is 2.43. The van der Waals surface area contributed by atoms with Crippen LogP contribution in [0.4, 0.5) is 0 Å². The summed E-state index contributed by atoms with van der Waals surface area (Å²) in [6.45, 7) is 0. The first-order valence-corrected chi connectivity index (χ1v) is 7.36. The molecule has 102 valence electrons. The van der Waals surface area contributed by atoms with Crippen LogP contribution in [-0.2, 0) is 4.79 Å². The SMILES string of the molecule is NC1CCC(=O)N(C2CC2)C1c1cccc(Cl)c1Cl. The van der Waals surface area contributed by atoms with E-state index in [1.807, 2.05) is 17.0 Å². The Kier molecular flexibility index (Phi) is 3.46. The predicted molar refractivity (Wildman–Crippen MR) is 76.3 cm³/mol. The first-order chi connectivity index (χ1) is 9.09. The van der Waals surface area contributed by atoms with Gasteiger partial charge in [0.25, 0.3) is 0 Å². The van der Waals surface area contributed by atoms with Crippen LogP contribution in [-0.4, -0.2) is 22.9 Å². The van der Waals surface area contributed by atoms with Crippen molar-refractivity contribution in [2.45, 2.75) is 43.8 Å². The molecule has 0 bridgehead atoms. The van der Waals surface area contributed by atoms with Gasteiger partial charge in [0.15, 0.2) is 0 Å². The summed E-state index contributed by atoms with van der Waals surface area (Å²) >= 11 is 12.4. The van der Waals surface area contributed by atoms with E-state index in [1.165, 1.54) is 0 Å². The minimum Gasteiger partial charge on any atom is -0.331 e. The highest BCUT2D eigenvalue weighted by Crippen LogP contribution is 2.43. The number of amides is 1. The second-order valence-corrected chi connectivity index (χ2v) is 6.11. The number of piperidine rings is 1. The Morgan fingerprint density at radius 1 is 1.21 bits per heavy atom. The third kappa shape index (κ3) is 2.35. The van der Waals surface area contributed by atoms with Gasteiger partial charge in [-0.1, -0.05) is 35.3 Å². The van der Waals surface area contributed by atoms with Crippen LogP contribution in [0.3, 0.4) is 0 Å². The van der Waals surface area contributed by atoms with Gasteiger partial charge in [-0.2, -0.15) is 0 Å². The molecule has 0 radical (unpaired) electrons. The van der Waals surface area contributed by atoms with Gasteiger partial charge in [-0.3, -0.25) is 4.79 Å². The monoisotopic (exact) mass is 298 g/mol. The molecular formula is C14H16Cl2N2O. The van der Waals surface area contributed by atoms with Crippen LogP contribution in [0.15, 0.2) is 18.2 Å². The largest absolute Gasteiger partial charge is 0.331 e. The zero-order valence-corrected chi connectivity index (χ0v) is 12.0. The summed E-state index contributed by atoms with van der Waals surface area (Å²) in [5, 5.41) is 1.03. The number of halogens is 2. The van der Waals surface area contributed by atoms with E-state index >= 15 is 0 Å². The maximum absolute atomic E-state index is 12.2. The number of likely N-dealkylation sites (tertiary alicyclic amines) is 1. The van der Waals surface area contributed by atoms with Crippen molar-refractivity contribution in [2.75, 3.05) is 0 Å². The molecule has 1 aromatic rings. The quantitative estimate of drug-likeness (QED) is 0.912. The van der Waals surface area contributed by atoms with E-state index in [0.29, 0.717) is 28.9 Å². The van der Waals surface area contributed by atoms with Gasteiger partial charge in [-0.05, 0) is 30.9 Å². The fraction of sp³-hybridized carbons (Fsp3) is 0.500. The standard InChI is InChI=1S/C14H16Cl2N2O/c15-10-3-1-2-9(13(10)16)14-11(17)6-7-12(19)18(14)8-4-5-8/h1-3,8,11,14H,4-7,17H2. The van der Waals surface area contributed by atoms with Crippen LogP contribution >= 0.6 is 23.2 Å². The molecule has 5 heteroatoms.